The number of aliphatic hydroxyl groups excluding tert-OH is 1. The molecule has 4 rings (SSSR count). The molecule has 8 nitrogen and oxygen atoms in total. The minimum atomic E-state index is -0.453. The van der Waals surface area contributed by atoms with Crippen LogP contribution in [0.2, 0.25) is 0 Å². The molecule has 0 saturated heterocycles. The predicted molar refractivity (Wildman–Crippen MR) is 128 cm³/mol. The molecule has 34 heavy (non-hydrogen) atoms. The number of benzene rings is 1. The first-order valence-electron chi connectivity index (χ1n) is 11.8. The van der Waals surface area contributed by atoms with Gasteiger partial charge < -0.3 is 14.7 Å². The molecule has 0 unspecified atom stereocenters. The Morgan fingerprint density at radius 2 is 1.88 bits per heavy atom. The van der Waals surface area contributed by atoms with E-state index < -0.39 is 11.2 Å². The van der Waals surface area contributed by atoms with Gasteiger partial charge >= 0.3 is 5.69 Å². The summed E-state index contributed by atoms with van der Waals surface area (Å²) in [6.07, 6.45) is 6.27. The van der Waals surface area contributed by atoms with E-state index in [-0.39, 0.29) is 38.3 Å². The molecule has 0 spiro atoms. The summed E-state index contributed by atoms with van der Waals surface area (Å²) in [6, 6.07) is 9.18. The van der Waals surface area contributed by atoms with Gasteiger partial charge in [0.25, 0.3) is 5.56 Å². The van der Waals surface area contributed by atoms with E-state index in [4.69, 9.17) is 4.74 Å². The van der Waals surface area contributed by atoms with Crippen LogP contribution in [0.25, 0.3) is 0 Å². The fourth-order valence-electron chi connectivity index (χ4n) is 4.61. The van der Waals surface area contributed by atoms with Crippen LogP contribution in [-0.4, -0.2) is 40.2 Å². The second kappa shape index (κ2) is 10.9. The highest BCUT2D eigenvalue weighted by Crippen LogP contribution is 2.32. The lowest BCUT2D eigenvalue weighted by Gasteiger charge is -2.20. The third-order valence-electron chi connectivity index (χ3n) is 6.36. The van der Waals surface area contributed by atoms with E-state index in [0.29, 0.717) is 24.5 Å². The van der Waals surface area contributed by atoms with E-state index in [1.165, 1.54) is 36.0 Å². The quantitative estimate of drug-likeness (QED) is 0.625. The zero-order valence-electron chi connectivity index (χ0n) is 19.5. The Hall–Kier alpha value is -3.09. The van der Waals surface area contributed by atoms with Crippen LogP contribution in [0.4, 0.5) is 15.9 Å². The average molecular weight is 471 g/mol. The first-order chi connectivity index (χ1) is 16.5. The lowest BCUT2D eigenvalue weighted by atomic mass is 9.98. The SMILES string of the molecule is Cn1c2c(c(=O)n(CCCO)c1=O)N(Cc1ccc(F)cc1)CN2C#CCOC1CCCCC1. The van der Waals surface area contributed by atoms with Crippen molar-refractivity contribution in [2.45, 2.75) is 57.7 Å². The molecule has 1 aromatic carbocycles. The Morgan fingerprint density at radius 1 is 1.15 bits per heavy atom. The fraction of sp³-hybridized carbons (Fsp3) is 0.520. The lowest BCUT2D eigenvalue weighted by molar-refractivity contribution is 0.0497. The monoisotopic (exact) mass is 470 g/mol. The van der Waals surface area contributed by atoms with Crippen molar-refractivity contribution in [2.24, 2.45) is 7.05 Å². The van der Waals surface area contributed by atoms with Gasteiger partial charge in [-0.3, -0.25) is 18.8 Å². The topological polar surface area (TPSA) is 79.9 Å². The number of fused-ring (bicyclic) bond motifs is 1. The molecule has 2 aliphatic rings. The Labute approximate surface area is 198 Å². The van der Waals surface area contributed by atoms with Gasteiger partial charge in [0.1, 0.15) is 24.8 Å². The largest absolute Gasteiger partial charge is 0.396 e. The van der Waals surface area contributed by atoms with Gasteiger partial charge in [-0.05, 0) is 37.0 Å². The van der Waals surface area contributed by atoms with Crippen LogP contribution in [0.5, 0.6) is 0 Å². The van der Waals surface area contributed by atoms with Crippen molar-refractivity contribution in [3.63, 3.8) is 0 Å². The van der Waals surface area contributed by atoms with Gasteiger partial charge in [-0.25, -0.2) is 9.18 Å². The smallest absolute Gasteiger partial charge is 0.332 e. The maximum absolute atomic E-state index is 13.4. The van der Waals surface area contributed by atoms with Crippen LogP contribution in [0.3, 0.4) is 0 Å². The summed E-state index contributed by atoms with van der Waals surface area (Å²) in [5.41, 5.74) is 0.326. The van der Waals surface area contributed by atoms with E-state index in [1.807, 2.05) is 4.90 Å². The molecule has 0 bridgehead atoms. The molecular formula is C25H31FN4O4. The van der Waals surface area contributed by atoms with Crippen LogP contribution in [0.15, 0.2) is 33.9 Å². The second-order valence-electron chi connectivity index (χ2n) is 8.80. The molecule has 1 fully saturated rings. The summed E-state index contributed by atoms with van der Waals surface area (Å²) in [6.45, 7) is 0.939. The normalized spacial score (nSPS) is 15.9. The van der Waals surface area contributed by atoms with Crippen molar-refractivity contribution < 1.29 is 14.2 Å². The number of anilines is 2. The van der Waals surface area contributed by atoms with Crippen molar-refractivity contribution in [3.05, 3.63) is 56.5 Å². The molecule has 0 radical (unpaired) electrons. The molecule has 9 heteroatoms. The number of rotatable bonds is 7. The van der Waals surface area contributed by atoms with Crippen LogP contribution < -0.4 is 21.0 Å². The first kappa shape index (κ1) is 24.0. The van der Waals surface area contributed by atoms with Crippen molar-refractivity contribution >= 4 is 11.5 Å². The van der Waals surface area contributed by atoms with E-state index in [0.717, 1.165) is 23.0 Å². The lowest BCUT2D eigenvalue weighted by Crippen LogP contribution is -2.41. The van der Waals surface area contributed by atoms with E-state index >= 15 is 0 Å². The van der Waals surface area contributed by atoms with Crippen molar-refractivity contribution in [1.29, 1.82) is 0 Å². The summed E-state index contributed by atoms with van der Waals surface area (Å²) in [5.74, 6) is 3.15. The number of hydrogen-bond donors (Lipinski definition) is 1. The first-order valence-corrected chi connectivity index (χ1v) is 11.8. The molecule has 182 valence electrons. The summed E-state index contributed by atoms with van der Waals surface area (Å²) in [4.78, 5) is 29.8. The third kappa shape index (κ3) is 5.18. The molecule has 2 heterocycles. The molecule has 1 aliphatic heterocycles. The number of halogens is 1. The summed E-state index contributed by atoms with van der Waals surface area (Å²) in [5, 5.41) is 9.19. The van der Waals surface area contributed by atoms with Crippen molar-refractivity contribution in [2.75, 3.05) is 29.7 Å². The van der Waals surface area contributed by atoms with E-state index in [1.54, 1.807) is 24.1 Å². The van der Waals surface area contributed by atoms with Crippen LogP contribution in [0.1, 0.15) is 44.1 Å². The Morgan fingerprint density at radius 3 is 2.59 bits per heavy atom. The highest BCUT2D eigenvalue weighted by molar-refractivity contribution is 5.74. The maximum Gasteiger partial charge on any atom is 0.332 e. The number of ether oxygens (including phenoxy) is 1. The molecule has 1 N–H and O–H groups in total. The molecule has 1 aromatic heterocycles. The summed E-state index contributed by atoms with van der Waals surface area (Å²) < 4.78 is 21.9. The van der Waals surface area contributed by atoms with Crippen LogP contribution in [-0.2, 0) is 24.9 Å². The van der Waals surface area contributed by atoms with Gasteiger partial charge in [0.2, 0.25) is 0 Å². The second-order valence-corrected chi connectivity index (χ2v) is 8.80. The van der Waals surface area contributed by atoms with Crippen molar-refractivity contribution in [3.8, 4) is 12.0 Å². The molecule has 0 atom stereocenters. The summed E-state index contributed by atoms with van der Waals surface area (Å²) in [7, 11) is 1.62. The number of hydrogen-bond acceptors (Lipinski definition) is 6. The maximum atomic E-state index is 13.4. The minimum Gasteiger partial charge on any atom is -0.396 e. The molecule has 1 aliphatic carbocycles. The third-order valence-corrected chi connectivity index (χ3v) is 6.36. The minimum absolute atomic E-state index is 0.120. The number of nitrogens with zero attached hydrogens (tertiary/aromatic N) is 4. The Bertz CT molecular complexity index is 1170. The van der Waals surface area contributed by atoms with Gasteiger partial charge in [-0.1, -0.05) is 37.3 Å². The Balaban J connectivity index is 1.63. The molecular weight excluding hydrogens is 439 g/mol. The fourth-order valence-corrected chi connectivity index (χ4v) is 4.61. The van der Waals surface area contributed by atoms with Crippen LogP contribution in [0, 0.1) is 17.8 Å². The van der Waals surface area contributed by atoms with Gasteiger partial charge in [0.05, 0.1) is 6.10 Å². The zero-order valence-corrected chi connectivity index (χ0v) is 19.5. The van der Waals surface area contributed by atoms with Crippen LogP contribution >= 0.6 is 0 Å². The molecule has 0 amide bonds. The van der Waals surface area contributed by atoms with Gasteiger partial charge in [-0.15, -0.1) is 0 Å². The average Bonchev–Trinajstić information content (AvgIpc) is 3.20. The molecule has 1 saturated carbocycles. The highest BCUT2D eigenvalue weighted by atomic mass is 19.1. The van der Waals surface area contributed by atoms with Crippen molar-refractivity contribution in [1.82, 2.24) is 9.13 Å². The molecule has 2 aromatic rings. The predicted octanol–water partition coefficient (Wildman–Crippen LogP) is 2.16. The number of aliphatic hydroxyl groups is 1. The van der Waals surface area contributed by atoms with E-state index in [9.17, 15) is 19.1 Å². The summed E-state index contributed by atoms with van der Waals surface area (Å²) >= 11 is 0. The number of aromatic nitrogens is 2. The standard InChI is InChI=1S/C25H31FN4O4/c1-27-23-22(24(32)30(25(27)33)14-5-15-31)29(17-19-9-11-20(26)12-10-19)18-28(23)13-6-16-34-21-7-3-2-4-8-21/h9-12,21,31H,2-5,7-8,14-18H2,1H3. The van der Waals surface area contributed by atoms with Gasteiger partial charge in [0.15, 0.2) is 5.82 Å². The highest BCUT2D eigenvalue weighted by Gasteiger charge is 2.33. The van der Waals surface area contributed by atoms with Gasteiger partial charge in [-0.2, -0.15) is 0 Å². The Kier molecular flexibility index (Phi) is 7.70. The zero-order chi connectivity index (χ0) is 24.1. The van der Waals surface area contributed by atoms with E-state index in [2.05, 4.69) is 12.0 Å². The van der Waals surface area contributed by atoms with Gasteiger partial charge in [0, 0.05) is 32.8 Å².